The Bertz CT molecular complexity index is 590. The molecule has 106 valence electrons. The minimum absolute atomic E-state index is 0.249. The number of urea groups is 1. The Morgan fingerprint density at radius 3 is 3.00 bits per heavy atom. The van der Waals surface area contributed by atoms with E-state index >= 15 is 0 Å². The van der Waals surface area contributed by atoms with E-state index in [1.165, 1.54) is 28.2 Å². The van der Waals surface area contributed by atoms with Gasteiger partial charge in [-0.05, 0) is 6.07 Å². The summed E-state index contributed by atoms with van der Waals surface area (Å²) >= 11 is 0. The molecule has 0 saturated heterocycles. The van der Waals surface area contributed by atoms with Crippen LogP contribution < -0.4 is 5.32 Å². The fourth-order valence-corrected chi connectivity index (χ4v) is 1.60. The highest BCUT2D eigenvalue weighted by atomic mass is 16.4. The van der Waals surface area contributed by atoms with Crippen molar-refractivity contribution in [1.82, 2.24) is 14.7 Å². The van der Waals surface area contributed by atoms with E-state index in [1.807, 2.05) is 0 Å². The lowest BCUT2D eigenvalue weighted by Crippen LogP contribution is -2.30. The van der Waals surface area contributed by atoms with Crippen LogP contribution in [0.5, 0.6) is 0 Å². The van der Waals surface area contributed by atoms with Crippen LogP contribution in [0.4, 0.5) is 10.5 Å². The molecule has 2 aromatic heterocycles. The number of carboxylic acids is 1. The van der Waals surface area contributed by atoms with Crippen molar-refractivity contribution in [2.75, 3.05) is 12.4 Å². The zero-order valence-corrected chi connectivity index (χ0v) is 10.8. The minimum atomic E-state index is -0.997. The number of furan rings is 1. The van der Waals surface area contributed by atoms with Gasteiger partial charge in [-0.1, -0.05) is 0 Å². The Balaban J connectivity index is 1.90. The Labute approximate surface area is 114 Å². The number of amides is 2. The van der Waals surface area contributed by atoms with Crippen molar-refractivity contribution in [3.8, 4) is 0 Å². The largest absolute Gasteiger partial charge is 0.480 e. The van der Waals surface area contributed by atoms with Crippen molar-refractivity contribution in [1.29, 1.82) is 0 Å². The predicted molar refractivity (Wildman–Crippen MR) is 69.1 cm³/mol. The number of hydrogen-bond acceptors (Lipinski definition) is 4. The van der Waals surface area contributed by atoms with E-state index in [9.17, 15) is 9.59 Å². The van der Waals surface area contributed by atoms with Crippen molar-refractivity contribution in [2.45, 2.75) is 13.1 Å². The topological polar surface area (TPSA) is 101 Å². The molecule has 2 rings (SSSR count). The highest BCUT2D eigenvalue weighted by Crippen LogP contribution is 2.08. The third-order valence-electron chi connectivity index (χ3n) is 2.53. The Morgan fingerprint density at radius 2 is 2.35 bits per heavy atom. The molecule has 2 amide bonds. The summed E-state index contributed by atoms with van der Waals surface area (Å²) in [6, 6.07) is 1.45. The maximum Gasteiger partial charge on any atom is 0.325 e. The maximum atomic E-state index is 11.9. The van der Waals surface area contributed by atoms with Gasteiger partial charge in [0.05, 0.1) is 31.0 Å². The maximum absolute atomic E-state index is 11.9. The van der Waals surface area contributed by atoms with E-state index in [2.05, 4.69) is 10.4 Å². The van der Waals surface area contributed by atoms with Crippen LogP contribution in [0.2, 0.25) is 0 Å². The average Bonchev–Trinajstić information content (AvgIpc) is 3.00. The van der Waals surface area contributed by atoms with E-state index in [0.29, 0.717) is 12.2 Å². The summed E-state index contributed by atoms with van der Waals surface area (Å²) in [5.41, 5.74) is 1.32. The number of carboxylic acid groups (broad SMARTS) is 1. The second-order valence-electron chi connectivity index (χ2n) is 4.24. The average molecular weight is 278 g/mol. The summed E-state index contributed by atoms with van der Waals surface area (Å²) in [6.07, 6.45) is 5.95. The highest BCUT2D eigenvalue weighted by molar-refractivity contribution is 5.88. The smallest absolute Gasteiger partial charge is 0.325 e. The second-order valence-corrected chi connectivity index (χ2v) is 4.24. The first-order valence-corrected chi connectivity index (χ1v) is 5.82. The third kappa shape index (κ3) is 3.61. The molecule has 2 heterocycles. The summed E-state index contributed by atoms with van der Waals surface area (Å²) < 4.78 is 6.16. The monoisotopic (exact) mass is 278 g/mol. The molecule has 20 heavy (non-hydrogen) atoms. The van der Waals surface area contributed by atoms with Crippen LogP contribution in [-0.4, -0.2) is 38.8 Å². The van der Waals surface area contributed by atoms with Gasteiger partial charge in [-0.25, -0.2) is 4.79 Å². The molecule has 8 heteroatoms. The Morgan fingerprint density at radius 1 is 1.55 bits per heavy atom. The molecule has 0 aliphatic heterocycles. The predicted octanol–water partition coefficient (Wildman–Crippen LogP) is 1.22. The van der Waals surface area contributed by atoms with Crippen LogP contribution in [0.3, 0.4) is 0 Å². The molecular formula is C12H14N4O4. The fraction of sp³-hybridized carbons (Fsp3) is 0.250. The van der Waals surface area contributed by atoms with Crippen LogP contribution in [0.15, 0.2) is 35.4 Å². The molecule has 8 nitrogen and oxygen atoms in total. The van der Waals surface area contributed by atoms with Crippen LogP contribution in [0.25, 0.3) is 0 Å². The number of hydrogen-bond donors (Lipinski definition) is 2. The van der Waals surface area contributed by atoms with Gasteiger partial charge in [0.25, 0.3) is 0 Å². The lowest BCUT2D eigenvalue weighted by molar-refractivity contribution is -0.137. The standard InChI is InChI=1S/C12H14N4O4/c1-15(5-9-2-3-20-8-9)12(19)14-10-4-13-16(6-10)7-11(17)18/h2-4,6,8H,5,7H2,1H3,(H,14,19)(H,17,18). The molecular weight excluding hydrogens is 264 g/mol. The van der Waals surface area contributed by atoms with Gasteiger partial charge in [0.15, 0.2) is 0 Å². The van der Waals surface area contributed by atoms with Crippen LogP contribution >= 0.6 is 0 Å². The van der Waals surface area contributed by atoms with E-state index in [-0.39, 0.29) is 12.6 Å². The molecule has 0 radical (unpaired) electrons. The molecule has 0 aliphatic carbocycles. The molecule has 0 saturated carbocycles. The third-order valence-corrected chi connectivity index (χ3v) is 2.53. The molecule has 0 spiro atoms. The van der Waals surface area contributed by atoms with Crippen molar-refractivity contribution < 1.29 is 19.1 Å². The van der Waals surface area contributed by atoms with Crippen LogP contribution in [-0.2, 0) is 17.9 Å². The number of aliphatic carboxylic acids is 1. The van der Waals surface area contributed by atoms with E-state index in [1.54, 1.807) is 19.4 Å². The SMILES string of the molecule is CN(Cc1ccoc1)C(=O)Nc1cnn(CC(=O)O)c1. The molecule has 0 aliphatic rings. The van der Waals surface area contributed by atoms with Gasteiger partial charge in [-0.3, -0.25) is 9.48 Å². The number of carbonyl (C=O) groups excluding carboxylic acids is 1. The number of carbonyl (C=O) groups is 2. The first-order valence-electron chi connectivity index (χ1n) is 5.82. The lowest BCUT2D eigenvalue weighted by atomic mass is 10.3. The summed E-state index contributed by atoms with van der Waals surface area (Å²) in [5, 5.41) is 15.1. The number of rotatable bonds is 5. The van der Waals surface area contributed by atoms with Gasteiger partial charge >= 0.3 is 12.0 Å². The Kier molecular flexibility index (Phi) is 4.04. The number of aromatic nitrogens is 2. The van der Waals surface area contributed by atoms with Gasteiger partial charge in [0.1, 0.15) is 6.54 Å². The molecule has 0 fully saturated rings. The quantitative estimate of drug-likeness (QED) is 0.856. The van der Waals surface area contributed by atoms with Crippen LogP contribution in [0.1, 0.15) is 5.56 Å². The van der Waals surface area contributed by atoms with Crippen molar-refractivity contribution >= 4 is 17.7 Å². The molecule has 0 atom stereocenters. The van der Waals surface area contributed by atoms with E-state index in [4.69, 9.17) is 9.52 Å². The zero-order chi connectivity index (χ0) is 14.5. The Hall–Kier alpha value is -2.77. The van der Waals surface area contributed by atoms with E-state index in [0.717, 1.165) is 5.56 Å². The summed E-state index contributed by atoms with van der Waals surface area (Å²) in [6.45, 7) is 0.159. The van der Waals surface area contributed by atoms with Gasteiger partial charge in [-0.2, -0.15) is 5.10 Å². The van der Waals surface area contributed by atoms with Crippen molar-refractivity contribution in [2.24, 2.45) is 0 Å². The van der Waals surface area contributed by atoms with Crippen molar-refractivity contribution in [3.63, 3.8) is 0 Å². The molecule has 2 aromatic rings. The van der Waals surface area contributed by atoms with Gasteiger partial charge in [-0.15, -0.1) is 0 Å². The molecule has 0 unspecified atom stereocenters. The number of nitrogens with zero attached hydrogens (tertiary/aromatic N) is 3. The highest BCUT2D eigenvalue weighted by Gasteiger charge is 2.11. The molecule has 0 bridgehead atoms. The van der Waals surface area contributed by atoms with Gasteiger partial charge in [0.2, 0.25) is 0 Å². The summed E-state index contributed by atoms with van der Waals surface area (Å²) in [7, 11) is 1.64. The molecule has 0 aromatic carbocycles. The molecule has 2 N–H and O–H groups in total. The first-order chi connectivity index (χ1) is 9.54. The van der Waals surface area contributed by atoms with Crippen molar-refractivity contribution in [3.05, 3.63) is 36.5 Å². The van der Waals surface area contributed by atoms with E-state index < -0.39 is 5.97 Å². The number of anilines is 1. The van der Waals surface area contributed by atoms with Crippen LogP contribution in [0, 0.1) is 0 Å². The second kappa shape index (κ2) is 5.91. The first kappa shape index (κ1) is 13.7. The lowest BCUT2D eigenvalue weighted by Gasteiger charge is -2.16. The summed E-state index contributed by atoms with van der Waals surface area (Å²) in [5.74, 6) is -0.997. The van der Waals surface area contributed by atoms with Gasteiger partial charge < -0.3 is 19.7 Å². The normalized spacial score (nSPS) is 10.2. The summed E-state index contributed by atoms with van der Waals surface area (Å²) in [4.78, 5) is 23.9. The fourth-order valence-electron chi connectivity index (χ4n) is 1.60. The number of nitrogens with one attached hydrogen (secondary N) is 1. The van der Waals surface area contributed by atoms with Gasteiger partial charge in [0, 0.05) is 18.8 Å². The zero-order valence-electron chi connectivity index (χ0n) is 10.8. The minimum Gasteiger partial charge on any atom is -0.480 e.